The molecule has 2 aliphatic heterocycles. The first kappa shape index (κ1) is 24.4. The number of methoxy groups -OCH3 is 1. The average Bonchev–Trinajstić information content (AvgIpc) is 3.45. The Morgan fingerprint density at radius 2 is 1.61 bits per heavy atom. The van der Waals surface area contributed by atoms with Crippen LogP contribution in [0.25, 0.3) is 11.0 Å². The fourth-order valence-electron chi connectivity index (χ4n) is 5.85. The lowest BCUT2D eigenvalue weighted by atomic mass is 9.81. The van der Waals surface area contributed by atoms with E-state index in [0.717, 1.165) is 42.5 Å². The van der Waals surface area contributed by atoms with E-state index < -0.39 is 6.10 Å². The topological polar surface area (TPSA) is 103 Å². The number of piperazine rings is 1. The van der Waals surface area contributed by atoms with E-state index in [-0.39, 0.29) is 29.4 Å². The number of amides is 2. The number of nitrogens with zero attached hydrogens (tertiary/aromatic N) is 4. The van der Waals surface area contributed by atoms with E-state index in [1.54, 1.807) is 23.6 Å². The molecule has 1 atom stereocenters. The third kappa shape index (κ3) is 4.60. The first-order valence-electron chi connectivity index (χ1n) is 12.9. The second-order valence-corrected chi connectivity index (χ2v) is 10.2. The van der Waals surface area contributed by atoms with E-state index in [1.165, 1.54) is 0 Å². The van der Waals surface area contributed by atoms with Crippen LogP contribution in [0.1, 0.15) is 38.5 Å². The maximum Gasteiger partial charge on any atom is 0.328 e. The van der Waals surface area contributed by atoms with Crippen LogP contribution in [0.5, 0.6) is 5.75 Å². The predicted octanol–water partition coefficient (Wildman–Crippen LogP) is 1.53. The Labute approximate surface area is 209 Å². The zero-order valence-corrected chi connectivity index (χ0v) is 21.0. The molecule has 3 aliphatic rings. The van der Waals surface area contributed by atoms with Gasteiger partial charge in [0.1, 0.15) is 5.75 Å². The molecular formula is C26H34N4O6. The molecule has 0 radical (unpaired) electrons. The third-order valence-electron chi connectivity index (χ3n) is 8.05. The van der Waals surface area contributed by atoms with Crippen LogP contribution < -0.4 is 10.4 Å². The molecule has 3 heterocycles. The molecule has 194 valence electrons. The molecular weight excluding hydrogens is 464 g/mol. The van der Waals surface area contributed by atoms with Crippen molar-refractivity contribution in [3.8, 4) is 5.75 Å². The lowest BCUT2D eigenvalue weighted by Gasteiger charge is -2.38. The summed E-state index contributed by atoms with van der Waals surface area (Å²) in [4.78, 5) is 53.5. The summed E-state index contributed by atoms with van der Waals surface area (Å²) in [5, 5.41) is 0. The average molecular weight is 499 g/mol. The van der Waals surface area contributed by atoms with Crippen LogP contribution in [0, 0.1) is 11.8 Å². The number of benzene rings is 1. The Morgan fingerprint density at radius 3 is 2.22 bits per heavy atom. The summed E-state index contributed by atoms with van der Waals surface area (Å²) in [5.74, 6) is 0.760. The number of carbonyl (C=O) groups is 3. The number of fused-ring (bicyclic) bond motifs is 1. The molecule has 2 saturated heterocycles. The quantitative estimate of drug-likeness (QED) is 0.580. The highest BCUT2D eigenvalue weighted by Gasteiger charge is 2.36. The number of carbonyl (C=O) groups excluding carboxylic acids is 3. The summed E-state index contributed by atoms with van der Waals surface area (Å²) in [5.41, 5.74) is 1.73. The van der Waals surface area contributed by atoms with Gasteiger partial charge in [0.2, 0.25) is 5.91 Å². The van der Waals surface area contributed by atoms with Gasteiger partial charge in [0.25, 0.3) is 5.91 Å². The molecule has 1 aromatic carbocycles. The number of esters is 1. The predicted molar refractivity (Wildman–Crippen MR) is 131 cm³/mol. The van der Waals surface area contributed by atoms with E-state index in [1.807, 2.05) is 27.7 Å². The lowest BCUT2D eigenvalue weighted by Crippen LogP contribution is -2.54. The van der Waals surface area contributed by atoms with Crippen LogP contribution in [0.15, 0.2) is 23.0 Å². The SMILES string of the molecule is COc1ccc2c(c1)n(CC1CCC(C(=O)N3CCN(C(=O)[C@H]4CCC(=O)O4)CC3)CC1)c(=O)n2C. The molecule has 10 heteroatoms. The highest BCUT2D eigenvalue weighted by atomic mass is 16.6. The van der Waals surface area contributed by atoms with Gasteiger partial charge in [0, 0.05) is 64.6 Å². The monoisotopic (exact) mass is 498 g/mol. The number of rotatable bonds is 5. The number of ether oxygens (including phenoxy) is 2. The minimum Gasteiger partial charge on any atom is -0.497 e. The first-order valence-corrected chi connectivity index (χ1v) is 12.9. The van der Waals surface area contributed by atoms with Crippen LogP contribution in [0.4, 0.5) is 0 Å². The molecule has 2 amide bonds. The minimum absolute atomic E-state index is 0.0105. The van der Waals surface area contributed by atoms with Crippen LogP contribution in [-0.2, 0) is 32.7 Å². The van der Waals surface area contributed by atoms with Crippen molar-refractivity contribution < 1.29 is 23.9 Å². The van der Waals surface area contributed by atoms with Crippen molar-refractivity contribution >= 4 is 28.8 Å². The van der Waals surface area contributed by atoms with Crippen molar-refractivity contribution in [3.05, 3.63) is 28.7 Å². The molecule has 1 aliphatic carbocycles. The fourth-order valence-corrected chi connectivity index (χ4v) is 5.85. The zero-order valence-electron chi connectivity index (χ0n) is 21.0. The van der Waals surface area contributed by atoms with E-state index in [0.29, 0.717) is 51.5 Å². The van der Waals surface area contributed by atoms with Crippen LogP contribution >= 0.6 is 0 Å². The van der Waals surface area contributed by atoms with Crippen molar-refractivity contribution in [1.29, 1.82) is 0 Å². The second-order valence-electron chi connectivity index (χ2n) is 10.2. The summed E-state index contributed by atoms with van der Waals surface area (Å²) < 4.78 is 14.0. The second kappa shape index (κ2) is 9.99. The molecule has 3 fully saturated rings. The molecule has 0 N–H and O–H groups in total. The summed E-state index contributed by atoms with van der Waals surface area (Å²) >= 11 is 0. The van der Waals surface area contributed by atoms with Crippen molar-refractivity contribution in [2.45, 2.75) is 51.2 Å². The third-order valence-corrected chi connectivity index (χ3v) is 8.05. The van der Waals surface area contributed by atoms with Gasteiger partial charge in [-0.05, 0) is 43.7 Å². The minimum atomic E-state index is -0.662. The highest BCUT2D eigenvalue weighted by molar-refractivity contribution is 5.87. The van der Waals surface area contributed by atoms with Crippen LogP contribution in [0.3, 0.4) is 0 Å². The van der Waals surface area contributed by atoms with Gasteiger partial charge >= 0.3 is 11.7 Å². The number of aromatic nitrogens is 2. The Bertz CT molecular complexity index is 1220. The van der Waals surface area contributed by atoms with Gasteiger partial charge in [0.05, 0.1) is 18.1 Å². The van der Waals surface area contributed by atoms with Crippen molar-refractivity contribution in [1.82, 2.24) is 18.9 Å². The Hall–Kier alpha value is -3.30. The van der Waals surface area contributed by atoms with E-state index in [4.69, 9.17) is 9.47 Å². The maximum absolute atomic E-state index is 13.2. The van der Waals surface area contributed by atoms with E-state index in [9.17, 15) is 19.2 Å². The van der Waals surface area contributed by atoms with Gasteiger partial charge in [0.15, 0.2) is 6.10 Å². The van der Waals surface area contributed by atoms with Crippen molar-refractivity contribution in [2.24, 2.45) is 18.9 Å². The number of aryl methyl sites for hydroxylation is 1. The number of imidazole rings is 1. The Balaban J connectivity index is 1.14. The van der Waals surface area contributed by atoms with Crippen LogP contribution in [0.2, 0.25) is 0 Å². The summed E-state index contributed by atoms with van der Waals surface area (Å²) in [6.07, 6.45) is 3.49. The van der Waals surface area contributed by atoms with Gasteiger partial charge in [-0.1, -0.05) is 0 Å². The highest BCUT2D eigenvalue weighted by Crippen LogP contribution is 2.32. The van der Waals surface area contributed by atoms with Gasteiger partial charge in [-0.25, -0.2) is 4.79 Å². The summed E-state index contributed by atoms with van der Waals surface area (Å²) in [7, 11) is 3.41. The molecule has 1 saturated carbocycles. The molecule has 0 unspecified atom stereocenters. The lowest BCUT2D eigenvalue weighted by molar-refractivity contribution is -0.155. The van der Waals surface area contributed by atoms with Gasteiger partial charge < -0.3 is 19.3 Å². The van der Waals surface area contributed by atoms with Gasteiger partial charge in [-0.2, -0.15) is 0 Å². The Kier molecular flexibility index (Phi) is 6.77. The first-order chi connectivity index (χ1) is 17.4. The molecule has 1 aromatic heterocycles. The largest absolute Gasteiger partial charge is 0.497 e. The summed E-state index contributed by atoms with van der Waals surface area (Å²) in [6, 6.07) is 5.68. The number of hydrogen-bond donors (Lipinski definition) is 0. The van der Waals surface area contributed by atoms with Crippen molar-refractivity contribution in [3.63, 3.8) is 0 Å². The molecule has 5 rings (SSSR count). The smallest absolute Gasteiger partial charge is 0.328 e. The zero-order chi connectivity index (χ0) is 25.4. The molecule has 0 spiro atoms. The van der Waals surface area contributed by atoms with Gasteiger partial charge in [-0.3, -0.25) is 23.5 Å². The van der Waals surface area contributed by atoms with E-state index >= 15 is 0 Å². The van der Waals surface area contributed by atoms with E-state index in [2.05, 4.69) is 0 Å². The molecule has 10 nitrogen and oxygen atoms in total. The number of cyclic esters (lactones) is 1. The Morgan fingerprint density at radius 1 is 0.944 bits per heavy atom. The molecule has 36 heavy (non-hydrogen) atoms. The van der Waals surface area contributed by atoms with Crippen LogP contribution in [-0.4, -0.2) is 76.1 Å². The standard InChI is InChI=1S/C26H34N4O6/c1-27-20-8-7-19(35-2)15-21(20)30(26(27)34)16-17-3-5-18(6-4-17)24(32)28-11-13-29(14-12-28)25(33)22-9-10-23(31)36-22/h7-8,15,17-18,22H,3-6,9-14,16H2,1-2H3/t17?,18?,22-/m1/s1. The fraction of sp³-hybridized carbons (Fsp3) is 0.615. The summed E-state index contributed by atoms with van der Waals surface area (Å²) in [6.45, 7) is 2.61. The maximum atomic E-state index is 13.2. The van der Waals surface area contributed by atoms with Crippen molar-refractivity contribution in [2.75, 3.05) is 33.3 Å². The molecule has 0 bridgehead atoms. The molecule has 2 aromatic rings. The number of hydrogen-bond acceptors (Lipinski definition) is 6. The van der Waals surface area contributed by atoms with Gasteiger partial charge in [-0.15, -0.1) is 0 Å². The normalized spacial score (nSPS) is 24.7.